The zero-order valence-corrected chi connectivity index (χ0v) is 17.2. The molecule has 6 heteroatoms. The number of aryl methyl sites for hydroxylation is 1. The summed E-state index contributed by atoms with van der Waals surface area (Å²) in [5.41, 5.74) is 0.529. The lowest BCUT2D eigenvalue weighted by Gasteiger charge is -2.14. The number of unbranched alkanes of at least 4 members (excludes halogenated alkanes) is 7. The van der Waals surface area contributed by atoms with Crippen LogP contribution in [0.3, 0.4) is 0 Å². The molecule has 0 unspecified atom stereocenters. The molecule has 2 aromatic rings. The molecule has 0 aliphatic rings. The fourth-order valence-corrected chi connectivity index (χ4v) is 4.11. The van der Waals surface area contributed by atoms with Gasteiger partial charge in [0.25, 0.3) is 10.1 Å². The quantitative estimate of drug-likeness (QED) is 0.328. The third-order valence-corrected chi connectivity index (χ3v) is 5.68. The zero-order chi connectivity index (χ0) is 20.4. The average Bonchev–Trinajstić information content (AvgIpc) is 2.65. The topological polar surface area (TPSA) is 83.8 Å². The van der Waals surface area contributed by atoms with Crippen LogP contribution in [0.1, 0.15) is 63.9 Å². The Bertz CT molecular complexity index is 846. The fourth-order valence-electron chi connectivity index (χ4n) is 3.24. The van der Waals surface area contributed by atoms with Gasteiger partial charge < -0.3 is 9.84 Å². The molecule has 0 saturated carbocycles. The molecule has 0 spiro atoms. The van der Waals surface area contributed by atoms with Crippen molar-refractivity contribution in [3.05, 3.63) is 48.0 Å². The lowest BCUT2D eigenvalue weighted by atomic mass is 10.0. The number of hydrogen-bond donors (Lipinski definition) is 2. The minimum atomic E-state index is -4.46. The van der Waals surface area contributed by atoms with Crippen LogP contribution in [0.5, 0.6) is 17.2 Å². The van der Waals surface area contributed by atoms with Crippen molar-refractivity contribution < 1.29 is 22.8 Å². The summed E-state index contributed by atoms with van der Waals surface area (Å²) in [4.78, 5) is -0.221. The number of benzene rings is 2. The largest absolute Gasteiger partial charge is 0.504 e. The van der Waals surface area contributed by atoms with Gasteiger partial charge in [0.2, 0.25) is 0 Å². The molecule has 0 aliphatic carbocycles. The lowest BCUT2D eigenvalue weighted by molar-refractivity contribution is 0.401. The van der Waals surface area contributed by atoms with Gasteiger partial charge in [-0.1, -0.05) is 76.1 Å². The number of hydrogen-bond acceptors (Lipinski definition) is 4. The highest BCUT2D eigenvalue weighted by Gasteiger charge is 2.22. The average molecular weight is 407 g/mol. The molecule has 28 heavy (non-hydrogen) atoms. The van der Waals surface area contributed by atoms with Crippen molar-refractivity contribution in [3.63, 3.8) is 0 Å². The number of para-hydroxylation sites is 2. The van der Waals surface area contributed by atoms with Crippen molar-refractivity contribution in [2.45, 2.75) is 69.6 Å². The highest BCUT2D eigenvalue weighted by Crippen LogP contribution is 2.35. The molecule has 0 aliphatic heterocycles. The first-order chi connectivity index (χ1) is 13.4. The van der Waals surface area contributed by atoms with E-state index < -0.39 is 10.1 Å². The van der Waals surface area contributed by atoms with E-state index in [1.807, 2.05) is 0 Å². The molecule has 2 N–H and O–H groups in total. The minimum Gasteiger partial charge on any atom is -0.504 e. The van der Waals surface area contributed by atoms with E-state index in [1.165, 1.54) is 50.3 Å². The molecule has 154 valence electrons. The molecule has 0 amide bonds. The highest BCUT2D eigenvalue weighted by atomic mass is 32.2. The van der Waals surface area contributed by atoms with Crippen molar-refractivity contribution in [2.75, 3.05) is 0 Å². The molecule has 0 fully saturated rings. The van der Waals surface area contributed by atoms with E-state index in [2.05, 4.69) is 6.92 Å². The van der Waals surface area contributed by atoms with Crippen molar-refractivity contribution in [3.8, 4) is 17.2 Å². The fraction of sp³-hybridized carbons (Fsp3) is 0.455. The highest BCUT2D eigenvalue weighted by molar-refractivity contribution is 7.86. The maximum absolute atomic E-state index is 12.0. The number of ether oxygens (including phenoxy) is 1. The molecule has 5 nitrogen and oxygen atoms in total. The molecule has 0 saturated heterocycles. The van der Waals surface area contributed by atoms with Gasteiger partial charge in [0.15, 0.2) is 11.5 Å². The van der Waals surface area contributed by atoms with Crippen LogP contribution >= 0.6 is 0 Å². The summed E-state index contributed by atoms with van der Waals surface area (Å²) in [6, 6.07) is 11.2. The predicted molar refractivity (Wildman–Crippen MR) is 111 cm³/mol. The van der Waals surface area contributed by atoms with Crippen LogP contribution in [-0.2, 0) is 16.5 Å². The van der Waals surface area contributed by atoms with E-state index in [0.29, 0.717) is 12.0 Å². The summed E-state index contributed by atoms with van der Waals surface area (Å²) in [6.45, 7) is 2.20. The van der Waals surface area contributed by atoms with E-state index in [9.17, 15) is 18.1 Å². The summed E-state index contributed by atoms with van der Waals surface area (Å²) in [5.74, 6) is 0.0509. The van der Waals surface area contributed by atoms with Crippen LogP contribution in [-0.4, -0.2) is 18.1 Å². The van der Waals surface area contributed by atoms with Crippen LogP contribution in [0.15, 0.2) is 47.4 Å². The normalized spacial score (nSPS) is 11.5. The number of rotatable bonds is 12. The number of phenolic OH excluding ortho intramolecular Hbond substituents is 1. The van der Waals surface area contributed by atoms with Crippen molar-refractivity contribution >= 4 is 10.1 Å². The van der Waals surface area contributed by atoms with E-state index in [-0.39, 0.29) is 22.1 Å². The Hall–Kier alpha value is -2.05. The maximum atomic E-state index is 12.0. The maximum Gasteiger partial charge on any atom is 0.298 e. The van der Waals surface area contributed by atoms with Gasteiger partial charge in [0.1, 0.15) is 10.6 Å². The molecule has 2 rings (SSSR count). The smallest absolute Gasteiger partial charge is 0.298 e. The van der Waals surface area contributed by atoms with Gasteiger partial charge in [-0.25, -0.2) is 0 Å². The van der Waals surface area contributed by atoms with Crippen LogP contribution in [0.2, 0.25) is 0 Å². The van der Waals surface area contributed by atoms with E-state index in [0.717, 1.165) is 19.3 Å². The monoisotopic (exact) mass is 406 g/mol. The van der Waals surface area contributed by atoms with Crippen LogP contribution in [0.4, 0.5) is 0 Å². The standard InChI is InChI=1S/C22H30O5S/c1-2-3-4-5-6-7-8-9-13-18-14-12-17-21(22(18)28(24,25)26)27-20-16-11-10-15-19(20)23/h10-12,14-17,23H,2-9,13H2,1H3,(H,24,25,26). The summed E-state index contributed by atoms with van der Waals surface area (Å²) < 4.78 is 39.3. The van der Waals surface area contributed by atoms with E-state index >= 15 is 0 Å². The van der Waals surface area contributed by atoms with Crippen LogP contribution in [0.25, 0.3) is 0 Å². The van der Waals surface area contributed by atoms with Gasteiger partial charge in [0, 0.05) is 0 Å². The molecule has 0 heterocycles. The minimum absolute atomic E-state index is 0.0149. The summed E-state index contributed by atoms with van der Waals surface area (Å²) >= 11 is 0. The van der Waals surface area contributed by atoms with E-state index in [4.69, 9.17) is 4.74 Å². The summed E-state index contributed by atoms with van der Waals surface area (Å²) in [5, 5.41) is 9.88. The molecule has 0 aromatic heterocycles. The van der Waals surface area contributed by atoms with Crippen LogP contribution < -0.4 is 4.74 Å². The van der Waals surface area contributed by atoms with Gasteiger partial charge >= 0.3 is 0 Å². The number of aromatic hydroxyl groups is 1. The Morgan fingerprint density at radius 2 is 1.43 bits per heavy atom. The van der Waals surface area contributed by atoms with Gasteiger partial charge in [-0.2, -0.15) is 8.42 Å². The Labute approximate surface area is 168 Å². The Morgan fingerprint density at radius 1 is 0.821 bits per heavy atom. The Balaban J connectivity index is 2.05. The molecular formula is C22H30O5S. The van der Waals surface area contributed by atoms with Crippen molar-refractivity contribution in [2.24, 2.45) is 0 Å². The van der Waals surface area contributed by atoms with Crippen LogP contribution in [0, 0.1) is 0 Å². The summed E-state index contributed by atoms with van der Waals surface area (Å²) in [7, 11) is -4.46. The first kappa shape index (κ1) is 22.2. The second kappa shape index (κ2) is 11.1. The van der Waals surface area contributed by atoms with Crippen molar-refractivity contribution in [1.82, 2.24) is 0 Å². The first-order valence-corrected chi connectivity index (χ1v) is 11.4. The van der Waals surface area contributed by atoms with Gasteiger partial charge in [0.05, 0.1) is 0 Å². The third kappa shape index (κ3) is 6.84. The Kier molecular flexibility index (Phi) is 8.80. The zero-order valence-electron chi connectivity index (χ0n) is 16.4. The Morgan fingerprint density at radius 3 is 2.07 bits per heavy atom. The number of phenols is 1. The van der Waals surface area contributed by atoms with Gasteiger partial charge in [-0.3, -0.25) is 4.55 Å². The van der Waals surface area contributed by atoms with Gasteiger partial charge in [-0.15, -0.1) is 0 Å². The lowest BCUT2D eigenvalue weighted by Crippen LogP contribution is -2.06. The molecule has 0 bridgehead atoms. The molecular weight excluding hydrogens is 376 g/mol. The first-order valence-electron chi connectivity index (χ1n) is 9.98. The second-order valence-electron chi connectivity index (χ2n) is 7.01. The molecule has 0 radical (unpaired) electrons. The summed E-state index contributed by atoms with van der Waals surface area (Å²) in [6.07, 6.45) is 9.75. The third-order valence-electron chi connectivity index (χ3n) is 4.70. The predicted octanol–water partition coefficient (Wildman–Crippen LogP) is 6.11. The molecule has 0 atom stereocenters. The second-order valence-corrected chi connectivity index (χ2v) is 8.37. The van der Waals surface area contributed by atoms with E-state index in [1.54, 1.807) is 24.3 Å². The molecule has 2 aromatic carbocycles. The van der Waals surface area contributed by atoms with Gasteiger partial charge in [-0.05, 0) is 36.6 Å². The SMILES string of the molecule is CCCCCCCCCCc1cccc(Oc2ccccc2O)c1S(=O)(=O)O. The van der Waals surface area contributed by atoms with Crippen molar-refractivity contribution in [1.29, 1.82) is 0 Å².